The van der Waals surface area contributed by atoms with Crippen LogP contribution in [0.1, 0.15) is 0 Å². The van der Waals surface area contributed by atoms with Gasteiger partial charge in [0.2, 0.25) is 0 Å². The van der Waals surface area contributed by atoms with Gasteiger partial charge in [0.1, 0.15) is 12.2 Å². The fourth-order valence-electron chi connectivity index (χ4n) is 0.576. The van der Waals surface area contributed by atoms with Gasteiger partial charge in [-0.1, -0.05) is 0 Å². The van der Waals surface area contributed by atoms with Crippen LogP contribution < -0.4 is 0 Å². The van der Waals surface area contributed by atoms with Crippen LogP contribution >= 0.6 is 7.82 Å². The lowest BCUT2D eigenvalue weighted by molar-refractivity contribution is 0.00656. The predicted octanol–water partition coefficient (Wildman–Crippen LogP) is -2.17. The SMILES string of the molecule is O=P(O)(OCC(O)CO)OC(CO)CO. The highest BCUT2D eigenvalue weighted by Crippen LogP contribution is 2.44. The number of hydrogen-bond donors (Lipinski definition) is 5. The van der Waals surface area contributed by atoms with E-state index in [4.69, 9.17) is 25.3 Å². The molecule has 0 saturated heterocycles. The zero-order valence-corrected chi connectivity index (χ0v) is 8.79. The highest BCUT2D eigenvalue weighted by atomic mass is 31.2. The van der Waals surface area contributed by atoms with Crippen molar-refractivity contribution in [2.45, 2.75) is 12.2 Å². The van der Waals surface area contributed by atoms with Crippen LogP contribution in [0.15, 0.2) is 0 Å². The Labute approximate surface area is 86.3 Å². The molecule has 0 amide bonds. The van der Waals surface area contributed by atoms with Crippen LogP contribution in [0, 0.1) is 0 Å². The number of phosphoric ester groups is 1. The Balaban J connectivity index is 4.00. The molecule has 0 radical (unpaired) electrons. The molecule has 0 aromatic carbocycles. The first-order valence-corrected chi connectivity index (χ1v) is 5.61. The molecule has 0 aromatic rings. The lowest BCUT2D eigenvalue weighted by Gasteiger charge is -2.18. The quantitative estimate of drug-likeness (QED) is 0.305. The van der Waals surface area contributed by atoms with Gasteiger partial charge in [0, 0.05) is 0 Å². The van der Waals surface area contributed by atoms with Crippen LogP contribution in [0.5, 0.6) is 0 Å². The molecule has 0 heterocycles. The molecule has 2 unspecified atom stereocenters. The molecule has 0 aliphatic rings. The lowest BCUT2D eigenvalue weighted by Crippen LogP contribution is -2.23. The van der Waals surface area contributed by atoms with Crippen molar-refractivity contribution >= 4 is 7.82 Å². The summed E-state index contributed by atoms with van der Waals surface area (Å²) in [6, 6.07) is 0. The highest BCUT2D eigenvalue weighted by Gasteiger charge is 2.26. The summed E-state index contributed by atoms with van der Waals surface area (Å²) in [6.07, 6.45) is -2.53. The van der Waals surface area contributed by atoms with E-state index < -0.39 is 46.5 Å². The molecule has 15 heavy (non-hydrogen) atoms. The summed E-state index contributed by atoms with van der Waals surface area (Å²) in [7, 11) is -4.44. The minimum Gasteiger partial charge on any atom is -0.394 e. The minimum atomic E-state index is -4.44. The Morgan fingerprint density at radius 3 is 2.07 bits per heavy atom. The van der Waals surface area contributed by atoms with E-state index >= 15 is 0 Å². The number of aliphatic hydroxyl groups excluding tert-OH is 4. The van der Waals surface area contributed by atoms with Crippen molar-refractivity contribution in [3.63, 3.8) is 0 Å². The van der Waals surface area contributed by atoms with Crippen LogP contribution in [0.2, 0.25) is 0 Å². The number of phosphoric acid groups is 1. The molecule has 2 atom stereocenters. The third-order valence-electron chi connectivity index (χ3n) is 1.33. The van der Waals surface area contributed by atoms with Gasteiger partial charge in [0.05, 0.1) is 26.4 Å². The normalized spacial score (nSPS) is 17.7. The van der Waals surface area contributed by atoms with Crippen molar-refractivity contribution in [2.75, 3.05) is 26.4 Å². The van der Waals surface area contributed by atoms with Crippen molar-refractivity contribution in [1.29, 1.82) is 0 Å². The third kappa shape index (κ3) is 6.93. The van der Waals surface area contributed by atoms with Gasteiger partial charge < -0.3 is 25.3 Å². The summed E-state index contributed by atoms with van der Waals surface area (Å²) in [5.74, 6) is 0. The monoisotopic (exact) mass is 246 g/mol. The molecule has 0 aromatic heterocycles. The molecule has 9 heteroatoms. The van der Waals surface area contributed by atoms with E-state index in [1.807, 2.05) is 0 Å². The Hall–Kier alpha value is -0.0500. The van der Waals surface area contributed by atoms with Crippen molar-refractivity contribution in [1.82, 2.24) is 0 Å². The Morgan fingerprint density at radius 2 is 1.67 bits per heavy atom. The fraction of sp³-hybridized carbons (Fsp3) is 1.00. The summed E-state index contributed by atoms with van der Waals surface area (Å²) in [5.41, 5.74) is 0. The molecular weight excluding hydrogens is 231 g/mol. The van der Waals surface area contributed by atoms with Gasteiger partial charge in [-0.2, -0.15) is 0 Å². The van der Waals surface area contributed by atoms with E-state index in [0.29, 0.717) is 0 Å². The van der Waals surface area contributed by atoms with Crippen LogP contribution in [-0.4, -0.2) is 64.0 Å². The topological polar surface area (TPSA) is 137 Å². The van der Waals surface area contributed by atoms with Gasteiger partial charge in [-0.05, 0) is 0 Å². The molecule has 0 bridgehead atoms. The van der Waals surface area contributed by atoms with E-state index in [2.05, 4.69) is 9.05 Å². The first-order valence-electron chi connectivity index (χ1n) is 4.11. The Kier molecular flexibility index (Phi) is 7.24. The van der Waals surface area contributed by atoms with E-state index in [0.717, 1.165) is 0 Å². The molecule has 0 aliphatic heterocycles. The molecule has 0 aliphatic carbocycles. The molecule has 5 N–H and O–H groups in total. The highest BCUT2D eigenvalue weighted by molar-refractivity contribution is 7.47. The smallest absolute Gasteiger partial charge is 0.394 e. The van der Waals surface area contributed by atoms with Gasteiger partial charge in [-0.25, -0.2) is 4.57 Å². The van der Waals surface area contributed by atoms with Gasteiger partial charge in [-0.3, -0.25) is 9.05 Å². The molecule has 0 spiro atoms. The van der Waals surface area contributed by atoms with E-state index in [1.54, 1.807) is 0 Å². The molecule has 0 rings (SSSR count). The summed E-state index contributed by atoms with van der Waals surface area (Å²) in [5, 5.41) is 34.3. The second-order valence-electron chi connectivity index (χ2n) is 2.69. The van der Waals surface area contributed by atoms with Gasteiger partial charge in [-0.15, -0.1) is 0 Å². The average molecular weight is 246 g/mol. The largest absolute Gasteiger partial charge is 0.472 e. The van der Waals surface area contributed by atoms with Crippen LogP contribution in [0.4, 0.5) is 0 Å². The summed E-state index contributed by atoms with van der Waals surface area (Å²) in [4.78, 5) is 8.99. The van der Waals surface area contributed by atoms with Crippen LogP contribution in [0.3, 0.4) is 0 Å². The lowest BCUT2D eigenvalue weighted by atomic mass is 10.4. The zero-order chi connectivity index (χ0) is 11.9. The van der Waals surface area contributed by atoms with Crippen molar-refractivity contribution in [3.8, 4) is 0 Å². The first kappa shape index (κ1) is 14.9. The number of rotatable bonds is 8. The maximum atomic E-state index is 11.1. The van der Waals surface area contributed by atoms with Crippen molar-refractivity contribution in [3.05, 3.63) is 0 Å². The second kappa shape index (κ2) is 7.26. The van der Waals surface area contributed by atoms with Crippen molar-refractivity contribution in [2.24, 2.45) is 0 Å². The van der Waals surface area contributed by atoms with Crippen molar-refractivity contribution < 1.29 is 38.9 Å². The Bertz CT molecular complexity index is 205. The van der Waals surface area contributed by atoms with E-state index in [1.165, 1.54) is 0 Å². The maximum absolute atomic E-state index is 11.1. The maximum Gasteiger partial charge on any atom is 0.472 e. The van der Waals surface area contributed by atoms with Gasteiger partial charge in [0.15, 0.2) is 0 Å². The average Bonchev–Trinajstić information content (AvgIpc) is 2.22. The van der Waals surface area contributed by atoms with Crippen LogP contribution in [-0.2, 0) is 13.6 Å². The standard InChI is InChI=1S/C6H15O8P/c7-1-5(10)4-13-15(11,12)14-6(2-8)3-9/h5-10H,1-4H2,(H,11,12). The van der Waals surface area contributed by atoms with E-state index in [9.17, 15) is 4.57 Å². The molecule has 0 fully saturated rings. The van der Waals surface area contributed by atoms with Crippen LogP contribution in [0.25, 0.3) is 0 Å². The predicted molar refractivity (Wildman–Crippen MR) is 47.9 cm³/mol. The summed E-state index contributed by atoms with van der Waals surface area (Å²) in [6.45, 7) is -2.50. The van der Waals surface area contributed by atoms with Gasteiger partial charge >= 0.3 is 7.82 Å². The zero-order valence-electron chi connectivity index (χ0n) is 7.89. The molecule has 92 valence electrons. The number of aliphatic hydroxyl groups is 4. The molecular formula is C6H15O8P. The minimum absolute atomic E-state index is 0.589. The van der Waals surface area contributed by atoms with Gasteiger partial charge in [0.25, 0.3) is 0 Å². The molecule has 0 saturated carbocycles. The molecule has 8 nitrogen and oxygen atoms in total. The summed E-state index contributed by atoms with van der Waals surface area (Å²) >= 11 is 0. The Morgan fingerprint density at radius 1 is 1.13 bits per heavy atom. The third-order valence-corrected chi connectivity index (χ3v) is 2.37. The summed E-state index contributed by atoms with van der Waals surface area (Å²) < 4.78 is 19.7. The number of hydrogen-bond acceptors (Lipinski definition) is 7. The first-order chi connectivity index (χ1) is 6.95. The fourth-order valence-corrected chi connectivity index (χ4v) is 1.51. The second-order valence-corrected chi connectivity index (χ2v) is 4.10. The van der Waals surface area contributed by atoms with E-state index in [-0.39, 0.29) is 0 Å².